The molecule has 0 radical (unpaired) electrons. The van der Waals surface area contributed by atoms with Gasteiger partial charge in [-0.3, -0.25) is 0 Å². The molecule has 0 aliphatic rings. The molecule has 4 heteroatoms. The van der Waals surface area contributed by atoms with Crippen molar-refractivity contribution >= 4 is 22.3 Å². The van der Waals surface area contributed by atoms with Gasteiger partial charge in [0.2, 0.25) is 0 Å². The van der Waals surface area contributed by atoms with Crippen molar-refractivity contribution in [2.45, 2.75) is 32.9 Å². The highest BCUT2D eigenvalue weighted by atomic mass is 32.1. The van der Waals surface area contributed by atoms with Crippen molar-refractivity contribution < 1.29 is 4.42 Å². The number of fused-ring (bicyclic) bond motifs is 1. The van der Waals surface area contributed by atoms with E-state index >= 15 is 0 Å². The lowest BCUT2D eigenvalue weighted by Gasteiger charge is -2.09. The number of para-hydroxylation sites is 1. The average molecular weight is 286 g/mol. The number of nitrogens with one attached hydrogen (secondary N) is 1. The minimum Gasteiger partial charge on any atom is -0.459 e. The van der Waals surface area contributed by atoms with Gasteiger partial charge in [0, 0.05) is 23.0 Å². The molecule has 1 N–H and O–H groups in total. The molecular weight excluding hydrogens is 268 g/mol. The van der Waals surface area contributed by atoms with Crippen LogP contribution in [-0.2, 0) is 13.0 Å². The first-order valence-corrected chi connectivity index (χ1v) is 7.73. The second kappa shape index (κ2) is 5.77. The van der Waals surface area contributed by atoms with Crippen LogP contribution in [0.2, 0.25) is 0 Å². The van der Waals surface area contributed by atoms with Crippen molar-refractivity contribution in [2.24, 2.45) is 0 Å². The first-order chi connectivity index (χ1) is 9.76. The summed E-state index contributed by atoms with van der Waals surface area (Å²) in [5.41, 5.74) is 0.946. The predicted molar refractivity (Wildman–Crippen MR) is 83.0 cm³/mol. The zero-order valence-corrected chi connectivity index (χ0v) is 12.5. The summed E-state index contributed by atoms with van der Waals surface area (Å²) in [5.74, 6) is 0.978. The number of furan rings is 1. The highest BCUT2D eigenvalue weighted by Crippen LogP contribution is 2.24. The van der Waals surface area contributed by atoms with E-state index in [2.05, 4.69) is 36.3 Å². The predicted octanol–water partition coefficient (Wildman–Crippen LogP) is 4.30. The van der Waals surface area contributed by atoms with Crippen molar-refractivity contribution in [3.63, 3.8) is 0 Å². The molecule has 1 atom stereocenters. The number of benzene rings is 1. The summed E-state index contributed by atoms with van der Waals surface area (Å²) >= 11 is 1.77. The topological polar surface area (TPSA) is 38.1 Å². The van der Waals surface area contributed by atoms with Crippen LogP contribution in [0.4, 0.5) is 0 Å². The number of hydrogen-bond donors (Lipinski definition) is 1. The van der Waals surface area contributed by atoms with Gasteiger partial charge in [0.05, 0.1) is 11.0 Å². The molecule has 0 fully saturated rings. The first-order valence-electron chi connectivity index (χ1n) is 6.91. The molecular formula is C16H18N2OS. The summed E-state index contributed by atoms with van der Waals surface area (Å²) in [7, 11) is 0. The lowest BCUT2D eigenvalue weighted by atomic mass is 10.2. The zero-order valence-electron chi connectivity index (χ0n) is 11.7. The minimum atomic E-state index is 0.189. The molecule has 2 heterocycles. The average Bonchev–Trinajstić information content (AvgIpc) is 3.10. The number of thiazole rings is 1. The quantitative estimate of drug-likeness (QED) is 0.760. The normalized spacial score (nSPS) is 12.9. The van der Waals surface area contributed by atoms with E-state index in [0.717, 1.165) is 29.7 Å². The van der Waals surface area contributed by atoms with Crippen molar-refractivity contribution in [3.05, 3.63) is 52.2 Å². The van der Waals surface area contributed by atoms with Crippen LogP contribution in [0.5, 0.6) is 0 Å². The summed E-state index contributed by atoms with van der Waals surface area (Å²) in [6.45, 7) is 5.09. The van der Waals surface area contributed by atoms with E-state index in [1.54, 1.807) is 11.3 Å². The Hall–Kier alpha value is -1.65. The molecule has 1 aromatic carbocycles. The van der Waals surface area contributed by atoms with Gasteiger partial charge < -0.3 is 9.73 Å². The Kier molecular flexibility index (Phi) is 3.85. The van der Waals surface area contributed by atoms with Crippen LogP contribution in [0, 0.1) is 0 Å². The maximum atomic E-state index is 5.87. The Balaban J connectivity index is 1.67. The van der Waals surface area contributed by atoms with E-state index < -0.39 is 0 Å². The number of aryl methyl sites for hydroxylation is 1. The summed E-state index contributed by atoms with van der Waals surface area (Å²) < 4.78 is 5.87. The lowest BCUT2D eigenvalue weighted by molar-refractivity contribution is 0.452. The van der Waals surface area contributed by atoms with Gasteiger partial charge in [0.15, 0.2) is 0 Å². The van der Waals surface area contributed by atoms with Gasteiger partial charge >= 0.3 is 0 Å². The van der Waals surface area contributed by atoms with Gasteiger partial charge in [-0.1, -0.05) is 25.1 Å². The maximum Gasteiger partial charge on any atom is 0.134 e. The summed E-state index contributed by atoms with van der Waals surface area (Å²) in [5, 5.41) is 5.84. The van der Waals surface area contributed by atoms with Crippen LogP contribution in [-0.4, -0.2) is 4.98 Å². The second-order valence-corrected chi connectivity index (χ2v) is 6.06. The molecule has 0 bridgehead atoms. The molecule has 1 unspecified atom stereocenters. The Morgan fingerprint density at radius 1 is 1.35 bits per heavy atom. The van der Waals surface area contributed by atoms with Gasteiger partial charge in [0.1, 0.15) is 11.3 Å². The second-order valence-electron chi connectivity index (χ2n) is 4.86. The highest BCUT2D eigenvalue weighted by molar-refractivity contribution is 7.11. The van der Waals surface area contributed by atoms with Gasteiger partial charge in [-0.05, 0) is 25.5 Å². The van der Waals surface area contributed by atoms with Gasteiger partial charge in [-0.25, -0.2) is 4.98 Å². The number of rotatable bonds is 5. The molecule has 0 spiro atoms. The molecule has 20 heavy (non-hydrogen) atoms. The molecule has 0 aliphatic heterocycles. The third kappa shape index (κ3) is 2.76. The molecule has 3 rings (SSSR count). The fourth-order valence-electron chi connectivity index (χ4n) is 2.16. The van der Waals surface area contributed by atoms with Crippen LogP contribution in [0.3, 0.4) is 0 Å². The Morgan fingerprint density at radius 3 is 2.95 bits per heavy atom. The first kappa shape index (κ1) is 13.3. The van der Waals surface area contributed by atoms with Gasteiger partial charge in [0.25, 0.3) is 0 Å². The zero-order chi connectivity index (χ0) is 13.9. The largest absolute Gasteiger partial charge is 0.459 e. The molecule has 3 nitrogen and oxygen atoms in total. The van der Waals surface area contributed by atoms with Crippen molar-refractivity contribution in [1.29, 1.82) is 0 Å². The van der Waals surface area contributed by atoms with E-state index in [4.69, 9.17) is 4.42 Å². The maximum absolute atomic E-state index is 5.87. The standard InChI is InChI=1S/C16H18N2OS/c1-3-16-18-10-13(20-16)9-17-11(2)15-8-12-6-4-5-7-14(12)19-15/h4-8,10-11,17H,3,9H2,1-2H3. The fourth-order valence-corrected chi connectivity index (χ4v) is 2.98. The van der Waals surface area contributed by atoms with Crippen LogP contribution >= 0.6 is 11.3 Å². The lowest BCUT2D eigenvalue weighted by Crippen LogP contribution is -2.16. The number of aromatic nitrogens is 1. The van der Waals surface area contributed by atoms with Crippen LogP contribution in [0.25, 0.3) is 11.0 Å². The third-order valence-electron chi connectivity index (χ3n) is 3.36. The molecule has 0 saturated heterocycles. The summed E-state index contributed by atoms with van der Waals surface area (Å²) in [4.78, 5) is 5.64. The van der Waals surface area contributed by atoms with E-state index in [1.165, 1.54) is 9.88 Å². The third-order valence-corrected chi connectivity index (χ3v) is 4.50. The summed E-state index contributed by atoms with van der Waals surface area (Å²) in [6, 6.07) is 10.4. The van der Waals surface area contributed by atoms with E-state index in [1.807, 2.05) is 24.4 Å². The SMILES string of the molecule is CCc1ncc(CNC(C)c2cc3ccccc3o2)s1. The number of nitrogens with zero attached hydrogens (tertiary/aromatic N) is 1. The molecule has 0 amide bonds. The molecule has 0 aliphatic carbocycles. The fraction of sp³-hybridized carbons (Fsp3) is 0.312. The van der Waals surface area contributed by atoms with Gasteiger partial charge in [-0.15, -0.1) is 11.3 Å². The highest BCUT2D eigenvalue weighted by Gasteiger charge is 2.11. The van der Waals surface area contributed by atoms with E-state index in [-0.39, 0.29) is 6.04 Å². The van der Waals surface area contributed by atoms with E-state index in [0.29, 0.717) is 0 Å². The van der Waals surface area contributed by atoms with Crippen LogP contribution < -0.4 is 5.32 Å². The van der Waals surface area contributed by atoms with Crippen LogP contribution in [0.15, 0.2) is 40.9 Å². The monoisotopic (exact) mass is 286 g/mol. The van der Waals surface area contributed by atoms with Crippen molar-refractivity contribution in [2.75, 3.05) is 0 Å². The van der Waals surface area contributed by atoms with Crippen molar-refractivity contribution in [3.8, 4) is 0 Å². The minimum absolute atomic E-state index is 0.189. The number of hydrogen-bond acceptors (Lipinski definition) is 4. The van der Waals surface area contributed by atoms with E-state index in [9.17, 15) is 0 Å². The van der Waals surface area contributed by atoms with Crippen molar-refractivity contribution in [1.82, 2.24) is 10.3 Å². The molecule has 0 saturated carbocycles. The smallest absolute Gasteiger partial charge is 0.134 e. The molecule has 2 aromatic heterocycles. The Labute approximate surface area is 122 Å². The van der Waals surface area contributed by atoms with Crippen LogP contribution in [0.1, 0.15) is 35.5 Å². The molecule has 3 aromatic rings. The molecule has 104 valence electrons. The van der Waals surface area contributed by atoms with Gasteiger partial charge in [-0.2, -0.15) is 0 Å². The summed E-state index contributed by atoms with van der Waals surface area (Å²) in [6.07, 6.45) is 2.96. The Bertz CT molecular complexity index is 668. The Morgan fingerprint density at radius 2 is 2.20 bits per heavy atom.